The van der Waals surface area contributed by atoms with E-state index in [0.717, 1.165) is 25.8 Å². The van der Waals surface area contributed by atoms with Gasteiger partial charge in [-0.25, -0.2) is 0 Å². The van der Waals surface area contributed by atoms with Crippen molar-refractivity contribution in [2.45, 2.75) is 45.3 Å². The van der Waals surface area contributed by atoms with Gasteiger partial charge in [0, 0.05) is 12.6 Å². The lowest BCUT2D eigenvalue weighted by Crippen LogP contribution is -2.45. The molecule has 5 heteroatoms. The maximum absolute atomic E-state index is 12.4. The number of rotatable bonds is 8. The van der Waals surface area contributed by atoms with Crippen LogP contribution in [0.2, 0.25) is 0 Å². The minimum Gasteiger partial charge on any atom is -0.313 e. The highest BCUT2D eigenvalue weighted by Crippen LogP contribution is 2.33. The summed E-state index contributed by atoms with van der Waals surface area (Å²) in [5, 5.41) is 3.31. The van der Waals surface area contributed by atoms with Crippen molar-refractivity contribution in [1.29, 1.82) is 0 Å². The molecule has 1 saturated carbocycles. The lowest BCUT2D eigenvalue weighted by Gasteiger charge is -2.28. The molecule has 0 bridgehead atoms. The molecular formula is C12H23F3N2. The summed E-state index contributed by atoms with van der Waals surface area (Å²) < 4.78 is 37.3. The van der Waals surface area contributed by atoms with Gasteiger partial charge < -0.3 is 5.32 Å². The monoisotopic (exact) mass is 252 g/mol. The quantitative estimate of drug-likeness (QED) is 0.714. The van der Waals surface area contributed by atoms with E-state index < -0.39 is 12.7 Å². The van der Waals surface area contributed by atoms with Crippen molar-refractivity contribution in [2.75, 3.05) is 26.2 Å². The number of likely N-dealkylation sites (N-methyl/N-ethyl adjacent to an activating group) is 1. The maximum Gasteiger partial charge on any atom is 0.401 e. The second-order valence-electron chi connectivity index (χ2n) is 4.85. The third-order valence-electron chi connectivity index (χ3n) is 3.05. The number of halogens is 3. The molecule has 1 aliphatic rings. The molecule has 0 heterocycles. The van der Waals surface area contributed by atoms with Crippen LogP contribution < -0.4 is 5.32 Å². The summed E-state index contributed by atoms with van der Waals surface area (Å²) in [6, 6.07) is 0.230. The van der Waals surface area contributed by atoms with Crippen molar-refractivity contribution in [3.8, 4) is 0 Å². The Labute approximate surface area is 102 Å². The van der Waals surface area contributed by atoms with E-state index in [4.69, 9.17) is 0 Å². The molecule has 0 aliphatic heterocycles. The van der Waals surface area contributed by atoms with Crippen molar-refractivity contribution in [3.63, 3.8) is 0 Å². The zero-order valence-corrected chi connectivity index (χ0v) is 10.7. The molecule has 17 heavy (non-hydrogen) atoms. The highest BCUT2D eigenvalue weighted by Gasteiger charge is 2.35. The molecule has 0 aromatic rings. The first-order valence-corrected chi connectivity index (χ1v) is 6.48. The van der Waals surface area contributed by atoms with Gasteiger partial charge in [-0.15, -0.1) is 0 Å². The molecule has 1 aliphatic carbocycles. The molecule has 0 radical (unpaired) electrons. The van der Waals surface area contributed by atoms with Gasteiger partial charge in [-0.2, -0.15) is 13.2 Å². The Morgan fingerprint density at radius 3 is 2.35 bits per heavy atom. The minimum atomic E-state index is -4.09. The molecule has 0 aromatic carbocycles. The van der Waals surface area contributed by atoms with Crippen LogP contribution in [0.5, 0.6) is 0 Å². The van der Waals surface area contributed by atoms with Gasteiger partial charge >= 0.3 is 6.18 Å². The van der Waals surface area contributed by atoms with Crippen molar-refractivity contribution in [2.24, 2.45) is 5.92 Å². The summed E-state index contributed by atoms with van der Waals surface area (Å²) in [4.78, 5) is 1.53. The normalized spacial score (nSPS) is 18.7. The second-order valence-corrected chi connectivity index (χ2v) is 4.85. The Morgan fingerprint density at radius 2 is 1.94 bits per heavy atom. The van der Waals surface area contributed by atoms with E-state index in [0.29, 0.717) is 19.0 Å². The fourth-order valence-corrected chi connectivity index (χ4v) is 2.22. The summed E-state index contributed by atoms with van der Waals surface area (Å²) in [5.41, 5.74) is 0. The third kappa shape index (κ3) is 6.27. The van der Waals surface area contributed by atoms with Gasteiger partial charge in [0.1, 0.15) is 0 Å². The van der Waals surface area contributed by atoms with Crippen LogP contribution in [-0.2, 0) is 0 Å². The zero-order chi connectivity index (χ0) is 12.9. The van der Waals surface area contributed by atoms with Crippen LogP contribution in [0.4, 0.5) is 13.2 Å². The molecule has 1 unspecified atom stereocenters. The lowest BCUT2D eigenvalue weighted by atomic mass is 10.1. The van der Waals surface area contributed by atoms with E-state index in [2.05, 4.69) is 5.32 Å². The summed E-state index contributed by atoms with van der Waals surface area (Å²) in [6.45, 7) is 5.01. The number of nitrogens with zero attached hydrogens (tertiary/aromatic N) is 1. The van der Waals surface area contributed by atoms with Crippen LogP contribution >= 0.6 is 0 Å². The first-order chi connectivity index (χ1) is 7.96. The first-order valence-electron chi connectivity index (χ1n) is 6.48. The Hall–Kier alpha value is -0.290. The van der Waals surface area contributed by atoms with Gasteiger partial charge in [0.05, 0.1) is 6.54 Å². The molecular weight excluding hydrogens is 229 g/mol. The van der Waals surface area contributed by atoms with Crippen molar-refractivity contribution >= 4 is 0 Å². The maximum atomic E-state index is 12.4. The van der Waals surface area contributed by atoms with Gasteiger partial charge in [0.2, 0.25) is 0 Å². The molecule has 2 nitrogen and oxygen atoms in total. The molecule has 0 spiro atoms. The van der Waals surface area contributed by atoms with E-state index in [-0.39, 0.29) is 6.04 Å². The summed E-state index contributed by atoms with van der Waals surface area (Å²) in [5.74, 6) is 0.586. The summed E-state index contributed by atoms with van der Waals surface area (Å²) in [6.07, 6.45) is -1.01. The zero-order valence-electron chi connectivity index (χ0n) is 10.7. The molecule has 102 valence electrons. The third-order valence-corrected chi connectivity index (χ3v) is 3.05. The largest absolute Gasteiger partial charge is 0.401 e. The van der Waals surface area contributed by atoms with E-state index >= 15 is 0 Å². The summed E-state index contributed by atoms with van der Waals surface area (Å²) >= 11 is 0. The van der Waals surface area contributed by atoms with E-state index in [1.165, 1.54) is 4.90 Å². The molecule has 1 rings (SSSR count). The molecule has 1 fully saturated rings. The highest BCUT2D eigenvalue weighted by atomic mass is 19.4. The van der Waals surface area contributed by atoms with Gasteiger partial charge in [-0.05, 0) is 38.3 Å². The van der Waals surface area contributed by atoms with Gasteiger partial charge in [-0.1, -0.05) is 13.8 Å². The predicted molar refractivity (Wildman–Crippen MR) is 63.0 cm³/mol. The smallest absolute Gasteiger partial charge is 0.313 e. The van der Waals surface area contributed by atoms with Crippen molar-refractivity contribution in [1.82, 2.24) is 10.2 Å². The van der Waals surface area contributed by atoms with Crippen molar-refractivity contribution in [3.05, 3.63) is 0 Å². The number of nitrogens with one attached hydrogen (secondary N) is 1. The van der Waals surface area contributed by atoms with E-state index in [1.54, 1.807) is 0 Å². The topological polar surface area (TPSA) is 15.3 Å². The van der Waals surface area contributed by atoms with Gasteiger partial charge in [-0.3, -0.25) is 4.90 Å². The van der Waals surface area contributed by atoms with Gasteiger partial charge in [0.25, 0.3) is 0 Å². The van der Waals surface area contributed by atoms with Crippen LogP contribution in [0.1, 0.15) is 33.1 Å². The average Bonchev–Trinajstić information content (AvgIpc) is 2.97. The first kappa shape index (κ1) is 14.8. The number of alkyl halides is 3. The lowest BCUT2D eigenvalue weighted by molar-refractivity contribution is -0.146. The average molecular weight is 252 g/mol. The molecule has 0 aromatic heterocycles. The van der Waals surface area contributed by atoms with Gasteiger partial charge in [0.15, 0.2) is 0 Å². The highest BCUT2D eigenvalue weighted by molar-refractivity contribution is 4.88. The Bertz CT molecular complexity index is 214. The molecule has 0 amide bonds. The van der Waals surface area contributed by atoms with Crippen LogP contribution in [0.3, 0.4) is 0 Å². The number of hydrogen-bond donors (Lipinski definition) is 1. The van der Waals surface area contributed by atoms with Crippen LogP contribution in [0.25, 0.3) is 0 Å². The standard InChI is InChI=1S/C12H23F3N2/c1-3-7-17(9-12(13,14)15)8-11(16-4-2)10-5-6-10/h10-11,16H,3-9H2,1-2H3. The fraction of sp³-hybridized carbons (Fsp3) is 1.00. The fourth-order valence-electron chi connectivity index (χ4n) is 2.22. The SMILES string of the molecule is CCCN(CC(NCC)C1CC1)CC(F)(F)F. The molecule has 0 saturated heterocycles. The van der Waals surface area contributed by atoms with Crippen LogP contribution in [-0.4, -0.2) is 43.3 Å². The van der Waals surface area contributed by atoms with Crippen LogP contribution in [0.15, 0.2) is 0 Å². The predicted octanol–water partition coefficient (Wildman–Crippen LogP) is 2.65. The van der Waals surface area contributed by atoms with E-state index in [1.807, 2.05) is 13.8 Å². The Balaban J connectivity index is 2.44. The molecule has 1 N–H and O–H groups in total. The Kier molecular flexibility index (Phi) is 5.73. The summed E-state index contributed by atoms with van der Waals surface area (Å²) in [7, 11) is 0. The second kappa shape index (κ2) is 6.59. The minimum absolute atomic E-state index is 0.230. The number of hydrogen-bond acceptors (Lipinski definition) is 2. The molecule has 1 atom stereocenters. The Morgan fingerprint density at radius 1 is 1.29 bits per heavy atom. The van der Waals surface area contributed by atoms with Crippen LogP contribution in [0, 0.1) is 5.92 Å². The van der Waals surface area contributed by atoms with E-state index in [9.17, 15) is 13.2 Å². The van der Waals surface area contributed by atoms with Crippen molar-refractivity contribution < 1.29 is 13.2 Å².